The van der Waals surface area contributed by atoms with Crippen molar-refractivity contribution in [2.45, 2.75) is 90.7 Å². The van der Waals surface area contributed by atoms with Crippen molar-refractivity contribution >= 4 is 17.8 Å². The van der Waals surface area contributed by atoms with Crippen LogP contribution in [0.1, 0.15) is 79.1 Å². The van der Waals surface area contributed by atoms with Crippen molar-refractivity contribution in [1.29, 1.82) is 0 Å². The van der Waals surface area contributed by atoms with Gasteiger partial charge in [-0.1, -0.05) is 31.1 Å². The van der Waals surface area contributed by atoms with E-state index in [1.807, 2.05) is 0 Å². The van der Waals surface area contributed by atoms with Crippen molar-refractivity contribution in [3.63, 3.8) is 0 Å². The predicted octanol–water partition coefficient (Wildman–Crippen LogP) is 3.77. The van der Waals surface area contributed by atoms with Gasteiger partial charge in [-0.15, -0.1) is 0 Å². The summed E-state index contributed by atoms with van der Waals surface area (Å²) in [5.41, 5.74) is -2.14. The van der Waals surface area contributed by atoms with Crippen LogP contribution < -0.4 is 5.32 Å². The molecule has 0 aromatic carbocycles. The van der Waals surface area contributed by atoms with Gasteiger partial charge < -0.3 is 14.8 Å². The van der Waals surface area contributed by atoms with Gasteiger partial charge in [0.05, 0.1) is 6.61 Å². The molecule has 0 spiro atoms. The van der Waals surface area contributed by atoms with Gasteiger partial charge in [0.2, 0.25) is 0 Å². The highest BCUT2D eigenvalue weighted by atomic mass is 16.6. The summed E-state index contributed by atoms with van der Waals surface area (Å²) < 4.78 is 10.6. The fourth-order valence-electron chi connectivity index (χ4n) is 3.95. The molecule has 2 saturated carbocycles. The third kappa shape index (κ3) is 5.50. The van der Waals surface area contributed by atoms with Crippen LogP contribution in [0.25, 0.3) is 0 Å². The first kappa shape index (κ1) is 22.3. The lowest BCUT2D eigenvalue weighted by atomic mass is 9.77. The SMILES string of the molecule is CCOC(=O)[C@]1([C@H](C#CC2CCCCC2)NC(=O)OC(C)(C)C)CCCC1=O. The second-order valence-corrected chi connectivity index (χ2v) is 8.67. The van der Waals surface area contributed by atoms with Crippen LogP contribution in [0.2, 0.25) is 0 Å². The zero-order valence-electron chi connectivity index (χ0n) is 17.6. The maximum Gasteiger partial charge on any atom is 0.408 e. The topological polar surface area (TPSA) is 81.7 Å². The van der Waals surface area contributed by atoms with Crippen LogP contribution in [0.15, 0.2) is 0 Å². The molecule has 28 heavy (non-hydrogen) atoms. The molecule has 0 aliphatic heterocycles. The molecule has 0 heterocycles. The number of hydrogen-bond acceptors (Lipinski definition) is 5. The number of amides is 1. The monoisotopic (exact) mass is 391 g/mol. The zero-order valence-corrected chi connectivity index (χ0v) is 17.6. The van der Waals surface area contributed by atoms with Crippen molar-refractivity contribution in [2.24, 2.45) is 11.3 Å². The second kappa shape index (κ2) is 9.45. The number of Topliss-reactive ketones (excluding diaryl/α,β-unsaturated/α-hetero) is 1. The Hall–Kier alpha value is -2.03. The average molecular weight is 392 g/mol. The van der Waals surface area contributed by atoms with Gasteiger partial charge in [-0.25, -0.2) is 4.79 Å². The van der Waals surface area contributed by atoms with Gasteiger partial charge in [0.15, 0.2) is 11.2 Å². The first-order chi connectivity index (χ1) is 13.2. The van der Waals surface area contributed by atoms with E-state index in [1.54, 1.807) is 27.7 Å². The predicted molar refractivity (Wildman–Crippen MR) is 105 cm³/mol. The number of nitrogens with one attached hydrogen (secondary N) is 1. The molecule has 0 saturated heterocycles. The maximum absolute atomic E-state index is 12.8. The summed E-state index contributed by atoms with van der Waals surface area (Å²) in [6.45, 7) is 7.16. The van der Waals surface area contributed by atoms with Crippen LogP contribution in [0.4, 0.5) is 4.79 Å². The Morgan fingerprint density at radius 1 is 1.21 bits per heavy atom. The Morgan fingerprint density at radius 3 is 2.43 bits per heavy atom. The molecule has 2 atom stereocenters. The lowest BCUT2D eigenvalue weighted by Gasteiger charge is -2.32. The molecule has 0 aromatic heterocycles. The average Bonchev–Trinajstić information content (AvgIpc) is 3.00. The molecule has 0 radical (unpaired) electrons. The van der Waals surface area contributed by atoms with Crippen LogP contribution in [0.3, 0.4) is 0 Å². The van der Waals surface area contributed by atoms with Gasteiger partial charge >= 0.3 is 12.1 Å². The fraction of sp³-hybridized carbons (Fsp3) is 0.773. The summed E-state index contributed by atoms with van der Waals surface area (Å²) >= 11 is 0. The van der Waals surface area contributed by atoms with Crippen LogP contribution in [-0.4, -0.2) is 36.1 Å². The molecule has 2 aliphatic carbocycles. The van der Waals surface area contributed by atoms with E-state index >= 15 is 0 Å². The van der Waals surface area contributed by atoms with E-state index in [2.05, 4.69) is 17.2 Å². The summed E-state index contributed by atoms with van der Waals surface area (Å²) in [4.78, 5) is 38.1. The minimum absolute atomic E-state index is 0.170. The van der Waals surface area contributed by atoms with E-state index in [-0.39, 0.29) is 24.7 Å². The number of rotatable bonds is 4. The molecule has 6 heteroatoms. The van der Waals surface area contributed by atoms with Gasteiger partial charge in [-0.05, 0) is 53.4 Å². The largest absolute Gasteiger partial charge is 0.465 e. The summed E-state index contributed by atoms with van der Waals surface area (Å²) in [7, 11) is 0. The molecule has 2 rings (SSSR count). The normalized spacial score (nSPS) is 24.1. The quantitative estimate of drug-likeness (QED) is 0.448. The zero-order chi connectivity index (χ0) is 20.8. The molecule has 1 amide bonds. The van der Waals surface area contributed by atoms with Crippen LogP contribution in [-0.2, 0) is 19.1 Å². The van der Waals surface area contributed by atoms with Gasteiger partial charge in [0, 0.05) is 12.3 Å². The Kier molecular flexibility index (Phi) is 7.51. The summed E-state index contributed by atoms with van der Waals surface area (Å²) in [5, 5.41) is 2.71. The van der Waals surface area contributed by atoms with Crippen LogP contribution >= 0.6 is 0 Å². The number of esters is 1. The van der Waals surface area contributed by atoms with E-state index in [4.69, 9.17) is 9.47 Å². The van der Waals surface area contributed by atoms with E-state index in [9.17, 15) is 14.4 Å². The molecular weight excluding hydrogens is 358 g/mol. The van der Waals surface area contributed by atoms with E-state index in [0.717, 1.165) is 25.7 Å². The summed E-state index contributed by atoms with van der Waals surface area (Å²) in [6, 6.07) is -0.946. The number of carbonyl (C=O) groups excluding carboxylic acids is 3. The lowest BCUT2D eigenvalue weighted by Crippen LogP contribution is -2.55. The van der Waals surface area contributed by atoms with E-state index in [0.29, 0.717) is 12.8 Å². The first-order valence-corrected chi connectivity index (χ1v) is 10.4. The minimum atomic E-state index is -1.45. The van der Waals surface area contributed by atoms with E-state index in [1.165, 1.54) is 6.42 Å². The Morgan fingerprint density at radius 2 is 1.89 bits per heavy atom. The van der Waals surface area contributed by atoms with Gasteiger partial charge in [0.1, 0.15) is 11.6 Å². The highest BCUT2D eigenvalue weighted by Gasteiger charge is 2.56. The molecule has 0 bridgehead atoms. The number of hydrogen-bond donors (Lipinski definition) is 1. The maximum atomic E-state index is 12.8. The highest BCUT2D eigenvalue weighted by Crippen LogP contribution is 2.40. The van der Waals surface area contributed by atoms with Crippen molar-refractivity contribution < 1.29 is 23.9 Å². The van der Waals surface area contributed by atoms with Crippen LogP contribution in [0.5, 0.6) is 0 Å². The highest BCUT2D eigenvalue weighted by molar-refractivity contribution is 6.07. The number of carbonyl (C=O) groups is 3. The number of ketones is 1. The Bertz CT molecular complexity index is 648. The third-order valence-corrected chi connectivity index (χ3v) is 5.30. The van der Waals surface area contributed by atoms with Gasteiger partial charge in [0.25, 0.3) is 0 Å². The van der Waals surface area contributed by atoms with E-state index < -0.39 is 29.1 Å². The Balaban J connectivity index is 2.34. The van der Waals surface area contributed by atoms with Crippen molar-refractivity contribution in [3.05, 3.63) is 0 Å². The van der Waals surface area contributed by atoms with Crippen LogP contribution in [0, 0.1) is 23.2 Å². The Labute approximate surface area is 168 Å². The molecular formula is C22H33NO5. The van der Waals surface area contributed by atoms with Gasteiger partial charge in [-0.3, -0.25) is 9.59 Å². The van der Waals surface area contributed by atoms with Crippen molar-refractivity contribution in [2.75, 3.05) is 6.61 Å². The smallest absolute Gasteiger partial charge is 0.408 e. The molecule has 2 fully saturated rings. The number of ether oxygens (including phenoxy) is 2. The summed E-state index contributed by atoms with van der Waals surface area (Å²) in [5.74, 6) is 5.71. The molecule has 0 aromatic rings. The molecule has 156 valence electrons. The van der Waals surface area contributed by atoms with Crippen molar-refractivity contribution in [1.82, 2.24) is 5.32 Å². The number of alkyl carbamates (subject to hydrolysis) is 1. The lowest BCUT2D eigenvalue weighted by molar-refractivity contribution is -0.159. The van der Waals surface area contributed by atoms with Crippen molar-refractivity contribution in [3.8, 4) is 11.8 Å². The first-order valence-electron chi connectivity index (χ1n) is 10.4. The molecule has 0 unspecified atom stereocenters. The third-order valence-electron chi connectivity index (χ3n) is 5.30. The summed E-state index contributed by atoms with van der Waals surface area (Å²) in [6.07, 6.45) is 5.99. The fourth-order valence-corrected chi connectivity index (χ4v) is 3.95. The molecule has 6 nitrogen and oxygen atoms in total. The standard InChI is InChI=1S/C22H33NO5/c1-5-27-19(25)22(15-9-12-18(22)24)17(23-20(26)28-21(2,3)4)14-13-16-10-7-6-8-11-16/h16-17H,5-12,15H2,1-4H3,(H,23,26)/t17-,22-/m0/s1. The van der Waals surface area contributed by atoms with Gasteiger partial charge in [-0.2, -0.15) is 0 Å². The minimum Gasteiger partial charge on any atom is -0.465 e. The molecule has 2 aliphatic rings. The second-order valence-electron chi connectivity index (χ2n) is 8.67. The molecule has 1 N–H and O–H groups in total.